The second-order valence-electron chi connectivity index (χ2n) is 6.45. The lowest BCUT2D eigenvalue weighted by atomic mass is 10.0. The fourth-order valence-corrected chi connectivity index (χ4v) is 3.00. The lowest BCUT2D eigenvalue weighted by Gasteiger charge is -2.23. The molecular formula is C19H24Cl2N3O+. The normalized spacial score (nSPS) is 12.1. The number of rotatable bonds is 6. The van der Waals surface area contributed by atoms with E-state index in [1.807, 2.05) is 14.1 Å². The van der Waals surface area contributed by atoms with Gasteiger partial charge in [-0.1, -0.05) is 35.3 Å². The summed E-state index contributed by atoms with van der Waals surface area (Å²) in [6.07, 6.45) is 0. The summed E-state index contributed by atoms with van der Waals surface area (Å²) in [5.41, 5.74) is 2.71. The summed E-state index contributed by atoms with van der Waals surface area (Å²) in [7, 11) is 8.17. The monoisotopic (exact) mass is 380 g/mol. The van der Waals surface area contributed by atoms with Gasteiger partial charge in [-0.2, -0.15) is 0 Å². The Hall–Kier alpha value is -1.75. The lowest BCUT2D eigenvalue weighted by molar-refractivity contribution is -0.890. The number of halogens is 2. The molecule has 0 saturated heterocycles. The molecule has 0 aromatic heterocycles. The minimum Gasteiger partial charge on any atom is -0.378 e. The fourth-order valence-electron chi connectivity index (χ4n) is 2.62. The van der Waals surface area contributed by atoms with E-state index in [0.717, 1.165) is 5.69 Å². The summed E-state index contributed by atoms with van der Waals surface area (Å²) in [6, 6.07) is 13.4. The molecule has 0 saturated carbocycles. The van der Waals surface area contributed by atoms with Crippen molar-refractivity contribution in [2.24, 2.45) is 0 Å². The number of quaternary nitrogens is 1. The van der Waals surface area contributed by atoms with Gasteiger partial charge in [-0.25, -0.2) is 0 Å². The number of carbonyl (C=O) groups is 1. The molecule has 0 aliphatic heterocycles. The van der Waals surface area contributed by atoms with E-state index >= 15 is 0 Å². The van der Waals surface area contributed by atoms with Crippen LogP contribution < -0.4 is 15.1 Å². The molecule has 2 aromatic rings. The molecule has 0 bridgehead atoms. The number of benzene rings is 2. The van der Waals surface area contributed by atoms with Crippen LogP contribution in [0, 0.1) is 0 Å². The molecule has 0 aliphatic rings. The molecule has 0 spiro atoms. The van der Waals surface area contributed by atoms with Gasteiger partial charge in [0.05, 0.1) is 31.2 Å². The van der Waals surface area contributed by atoms with Crippen LogP contribution in [0.15, 0.2) is 42.5 Å². The molecule has 1 amide bonds. The van der Waals surface area contributed by atoms with Crippen LogP contribution in [0.25, 0.3) is 0 Å². The first kappa shape index (κ1) is 19.6. The highest BCUT2D eigenvalue weighted by atomic mass is 35.5. The van der Waals surface area contributed by atoms with Crippen molar-refractivity contribution in [1.82, 2.24) is 5.32 Å². The minimum atomic E-state index is -0.219. The predicted molar refractivity (Wildman–Crippen MR) is 105 cm³/mol. The van der Waals surface area contributed by atoms with Crippen molar-refractivity contribution >= 4 is 34.8 Å². The maximum atomic E-state index is 12.4. The maximum absolute atomic E-state index is 12.4. The molecule has 2 rings (SSSR count). The Morgan fingerprint density at radius 2 is 1.76 bits per heavy atom. The summed E-state index contributed by atoms with van der Waals surface area (Å²) < 4.78 is 0. The van der Waals surface area contributed by atoms with E-state index in [4.69, 9.17) is 23.2 Å². The van der Waals surface area contributed by atoms with Gasteiger partial charge in [-0.15, -0.1) is 0 Å². The van der Waals surface area contributed by atoms with Gasteiger partial charge in [0.1, 0.15) is 6.04 Å². The van der Waals surface area contributed by atoms with Gasteiger partial charge in [0.2, 0.25) is 0 Å². The number of hydrogen-bond acceptors (Lipinski definition) is 2. The van der Waals surface area contributed by atoms with Crippen molar-refractivity contribution in [3.05, 3.63) is 63.6 Å². The Balaban J connectivity index is 2.11. The Bertz CT molecular complexity index is 730. The van der Waals surface area contributed by atoms with Gasteiger partial charge in [0, 0.05) is 30.4 Å². The first-order valence-corrected chi connectivity index (χ1v) is 8.85. The number of amides is 1. The highest BCUT2D eigenvalue weighted by Gasteiger charge is 2.20. The van der Waals surface area contributed by atoms with Crippen LogP contribution in [-0.4, -0.2) is 40.6 Å². The molecule has 134 valence electrons. The molecular weight excluding hydrogens is 357 g/mol. The number of likely N-dealkylation sites (N-methyl/N-ethyl adjacent to an activating group) is 1. The molecule has 2 aromatic carbocycles. The summed E-state index contributed by atoms with van der Waals surface area (Å²) in [5, 5.41) is 3.85. The molecule has 0 heterocycles. The summed E-state index contributed by atoms with van der Waals surface area (Å²) in [6.45, 7) is 0.505. The third kappa shape index (κ3) is 5.11. The standard InChI is InChI=1S/C19H23Cl2N3O/c1-23(2)15-8-5-13(6-9-15)18(24(3)4)12-22-19(25)16-11-14(20)7-10-17(16)21/h5-11,18H,12H2,1-4H3,(H,22,25)/p+1/t18-/m1/s1. The van der Waals surface area contributed by atoms with Gasteiger partial charge in [-0.3, -0.25) is 4.79 Å². The molecule has 4 nitrogen and oxygen atoms in total. The van der Waals surface area contributed by atoms with E-state index in [1.54, 1.807) is 18.2 Å². The highest BCUT2D eigenvalue weighted by molar-refractivity contribution is 6.35. The molecule has 0 fully saturated rings. The Labute approximate surface area is 159 Å². The molecule has 0 unspecified atom stereocenters. The largest absolute Gasteiger partial charge is 0.378 e. The third-order valence-electron chi connectivity index (χ3n) is 4.15. The second-order valence-corrected chi connectivity index (χ2v) is 7.29. The van der Waals surface area contributed by atoms with E-state index in [9.17, 15) is 4.79 Å². The average molecular weight is 381 g/mol. The van der Waals surface area contributed by atoms with Crippen molar-refractivity contribution < 1.29 is 9.69 Å². The number of carbonyl (C=O) groups excluding carboxylic acids is 1. The van der Waals surface area contributed by atoms with Gasteiger partial charge < -0.3 is 15.1 Å². The zero-order valence-corrected chi connectivity index (χ0v) is 16.4. The van der Waals surface area contributed by atoms with Gasteiger partial charge >= 0.3 is 0 Å². The third-order valence-corrected chi connectivity index (χ3v) is 4.71. The van der Waals surface area contributed by atoms with E-state index in [2.05, 4.69) is 48.6 Å². The predicted octanol–water partition coefficient (Wildman–Crippen LogP) is 2.68. The highest BCUT2D eigenvalue weighted by Crippen LogP contribution is 2.21. The molecule has 0 aliphatic carbocycles. The zero-order valence-electron chi connectivity index (χ0n) is 14.9. The smallest absolute Gasteiger partial charge is 0.253 e. The molecule has 6 heteroatoms. The van der Waals surface area contributed by atoms with Crippen molar-refractivity contribution in [3.8, 4) is 0 Å². The van der Waals surface area contributed by atoms with Crippen LogP contribution in [-0.2, 0) is 0 Å². The van der Waals surface area contributed by atoms with Crippen LogP contribution in [0.5, 0.6) is 0 Å². The summed E-state index contributed by atoms with van der Waals surface area (Å²) >= 11 is 12.1. The second kappa shape index (κ2) is 8.56. The summed E-state index contributed by atoms with van der Waals surface area (Å²) in [5.74, 6) is -0.219. The maximum Gasteiger partial charge on any atom is 0.253 e. The quantitative estimate of drug-likeness (QED) is 0.808. The molecule has 2 N–H and O–H groups in total. The number of nitrogens with one attached hydrogen (secondary N) is 2. The van der Waals surface area contributed by atoms with Gasteiger partial charge in [0.25, 0.3) is 5.91 Å². The van der Waals surface area contributed by atoms with Crippen LogP contribution in [0.2, 0.25) is 10.0 Å². The average Bonchev–Trinajstić information content (AvgIpc) is 2.57. The minimum absolute atomic E-state index is 0.137. The van der Waals surface area contributed by atoms with Crippen molar-refractivity contribution in [2.45, 2.75) is 6.04 Å². The topological polar surface area (TPSA) is 36.8 Å². The first-order valence-electron chi connectivity index (χ1n) is 8.10. The number of nitrogens with zero attached hydrogens (tertiary/aromatic N) is 1. The van der Waals surface area contributed by atoms with Crippen molar-refractivity contribution in [2.75, 3.05) is 39.6 Å². The number of anilines is 1. The van der Waals surface area contributed by atoms with Gasteiger partial charge in [-0.05, 0) is 30.3 Å². The van der Waals surface area contributed by atoms with Crippen LogP contribution in [0.1, 0.15) is 22.0 Å². The SMILES string of the molecule is CN(C)c1ccc([C@@H](CNC(=O)c2cc(Cl)ccc2Cl)[NH+](C)C)cc1. The van der Waals surface area contributed by atoms with Crippen LogP contribution in [0.3, 0.4) is 0 Å². The first-order chi connectivity index (χ1) is 11.8. The van der Waals surface area contributed by atoms with Gasteiger partial charge in [0.15, 0.2) is 0 Å². The lowest BCUT2D eigenvalue weighted by Crippen LogP contribution is -3.07. The fraction of sp³-hybridized carbons (Fsp3) is 0.316. The Morgan fingerprint density at radius 3 is 2.32 bits per heavy atom. The molecule has 25 heavy (non-hydrogen) atoms. The summed E-state index contributed by atoms with van der Waals surface area (Å²) in [4.78, 5) is 15.7. The van der Waals surface area contributed by atoms with E-state index < -0.39 is 0 Å². The molecule has 1 atom stereocenters. The van der Waals surface area contributed by atoms with E-state index in [1.165, 1.54) is 10.5 Å². The zero-order chi connectivity index (χ0) is 18.6. The van der Waals surface area contributed by atoms with Crippen LogP contribution >= 0.6 is 23.2 Å². The van der Waals surface area contributed by atoms with E-state index in [-0.39, 0.29) is 11.9 Å². The number of hydrogen-bond donors (Lipinski definition) is 2. The Kier molecular flexibility index (Phi) is 6.71. The van der Waals surface area contributed by atoms with Crippen molar-refractivity contribution in [3.63, 3.8) is 0 Å². The van der Waals surface area contributed by atoms with Crippen LogP contribution in [0.4, 0.5) is 5.69 Å². The van der Waals surface area contributed by atoms with Crippen molar-refractivity contribution in [1.29, 1.82) is 0 Å². The Morgan fingerprint density at radius 1 is 1.12 bits per heavy atom. The van der Waals surface area contributed by atoms with E-state index in [0.29, 0.717) is 22.2 Å². The molecule has 0 radical (unpaired) electrons.